The van der Waals surface area contributed by atoms with Crippen molar-refractivity contribution in [1.82, 2.24) is 14.9 Å². The van der Waals surface area contributed by atoms with Crippen molar-refractivity contribution in [3.8, 4) is 0 Å². The Morgan fingerprint density at radius 2 is 2.30 bits per heavy atom. The monoisotopic (exact) mass is 302 g/mol. The molecule has 0 aliphatic carbocycles. The van der Waals surface area contributed by atoms with Gasteiger partial charge in [-0.05, 0) is 32.6 Å². The molecule has 1 atom stereocenters. The third-order valence-corrected chi connectivity index (χ3v) is 5.12. The number of hydrogen-bond acceptors (Lipinski definition) is 5. The molecular formula is C12H22N4O3S. The van der Waals surface area contributed by atoms with Gasteiger partial charge in [0.2, 0.25) is 10.0 Å². The highest BCUT2D eigenvalue weighted by atomic mass is 32.2. The van der Waals surface area contributed by atoms with Crippen molar-refractivity contribution in [3.63, 3.8) is 0 Å². The lowest BCUT2D eigenvalue weighted by Gasteiger charge is -2.22. The number of nitrogens with zero attached hydrogens (tertiary/aromatic N) is 1. The van der Waals surface area contributed by atoms with E-state index in [1.807, 2.05) is 0 Å². The minimum absolute atomic E-state index is 0.0896. The Bertz CT molecular complexity index is 535. The average Bonchev–Trinajstić information content (AvgIpc) is 2.81. The van der Waals surface area contributed by atoms with Gasteiger partial charge < -0.3 is 10.5 Å². The quantitative estimate of drug-likeness (QED) is 0.705. The number of aromatic amines is 1. The number of rotatable bonds is 6. The first-order valence-corrected chi connectivity index (χ1v) is 8.38. The van der Waals surface area contributed by atoms with Crippen LogP contribution in [0.3, 0.4) is 0 Å². The van der Waals surface area contributed by atoms with Gasteiger partial charge in [-0.3, -0.25) is 5.10 Å². The maximum Gasteiger partial charge on any atom is 0.244 e. The average molecular weight is 302 g/mol. The molecule has 7 nitrogen and oxygen atoms in total. The third-order valence-electron chi connectivity index (χ3n) is 3.46. The van der Waals surface area contributed by atoms with Gasteiger partial charge >= 0.3 is 0 Å². The topological polar surface area (TPSA) is 110 Å². The molecule has 2 heterocycles. The molecule has 1 unspecified atom stereocenters. The van der Waals surface area contributed by atoms with E-state index in [2.05, 4.69) is 14.9 Å². The summed E-state index contributed by atoms with van der Waals surface area (Å²) in [5, 5.41) is 6.56. The van der Waals surface area contributed by atoms with E-state index in [9.17, 15) is 8.42 Å². The minimum atomic E-state index is -3.57. The molecule has 0 amide bonds. The molecule has 1 saturated heterocycles. The molecule has 1 aromatic rings. The second-order valence-corrected chi connectivity index (χ2v) is 6.71. The maximum absolute atomic E-state index is 12.3. The van der Waals surface area contributed by atoms with Crippen molar-refractivity contribution in [2.75, 3.05) is 13.2 Å². The van der Waals surface area contributed by atoms with Crippen LogP contribution < -0.4 is 10.5 Å². The van der Waals surface area contributed by atoms with Crippen LogP contribution in [0, 0.1) is 6.92 Å². The molecule has 4 N–H and O–H groups in total. The van der Waals surface area contributed by atoms with Gasteiger partial charge in [0.05, 0.1) is 17.5 Å². The second-order valence-electron chi connectivity index (χ2n) is 5.00. The van der Waals surface area contributed by atoms with E-state index in [1.165, 1.54) is 0 Å². The van der Waals surface area contributed by atoms with Gasteiger partial charge in [-0.1, -0.05) is 0 Å². The molecule has 8 heteroatoms. The van der Waals surface area contributed by atoms with E-state index >= 15 is 0 Å². The summed E-state index contributed by atoms with van der Waals surface area (Å²) in [6, 6.07) is 0. The molecule has 0 aromatic carbocycles. The van der Waals surface area contributed by atoms with Crippen molar-refractivity contribution in [2.24, 2.45) is 5.73 Å². The van der Waals surface area contributed by atoms with E-state index in [1.54, 1.807) is 6.92 Å². The number of aryl methyl sites for hydroxylation is 1. The molecule has 0 radical (unpaired) electrons. The highest BCUT2D eigenvalue weighted by Gasteiger charge is 2.24. The Morgan fingerprint density at radius 1 is 1.50 bits per heavy atom. The number of nitrogens with one attached hydrogen (secondary N) is 2. The first-order chi connectivity index (χ1) is 9.54. The van der Waals surface area contributed by atoms with Crippen molar-refractivity contribution in [2.45, 2.75) is 50.2 Å². The first kappa shape index (κ1) is 15.4. The van der Waals surface area contributed by atoms with E-state index < -0.39 is 10.0 Å². The molecule has 114 valence electrons. The van der Waals surface area contributed by atoms with Crippen LogP contribution in [0.15, 0.2) is 4.90 Å². The van der Waals surface area contributed by atoms with Crippen molar-refractivity contribution in [1.29, 1.82) is 0 Å². The van der Waals surface area contributed by atoms with Crippen molar-refractivity contribution < 1.29 is 13.2 Å². The largest absolute Gasteiger partial charge is 0.378 e. The highest BCUT2D eigenvalue weighted by molar-refractivity contribution is 7.89. The van der Waals surface area contributed by atoms with E-state index in [0.29, 0.717) is 24.4 Å². The molecule has 1 aliphatic rings. The summed E-state index contributed by atoms with van der Waals surface area (Å²) < 4.78 is 32.7. The number of aromatic nitrogens is 2. The summed E-state index contributed by atoms with van der Waals surface area (Å²) in [6.07, 6.45) is 4.09. The Morgan fingerprint density at radius 3 is 2.95 bits per heavy atom. The van der Waals surface area contributed by atoms with Gasteiger partial charge in [-0.2, -0.15) is 5.10 Å². The van der Waals surface area contributed by atoms with Gasteiger partial charge in [-0.25, -0.2) is 13.1 Å². The lowest BCUT2D eigenvalue weighted by molar-refractivity contribution is 0.0123. The smallest absolute Gasteiger partial charge is 0.244 e. The fraction of sp³-hybridized carbons (Fsp3) is 0.750. The molecule has 1 aromatic heterocycles. The van der Waals surface area contributed by atoms with Crippen LogP contribution in [0.5, 0.6) is 0 Å². The van der Waals surface area contributed by atoms with Gasteiger partial charge in [0.1, 0.15) is 4.90 Å². The summed E-state index contributed by atoms with van der Waals surface area (Å²) in [7, 11) is -3.57. The normalized spacial score (nSPS) is 20.2. The van der Waals surface area contributed by atoms with E-state index in [4.69, 9.17) is 10.5 Å². The molecule has 0 bridgehead atoms. The number of hydrogen-bond donors (Lipinski definition) is 3. The predicted octanol–water partition coefficient (Wildman–Crippen LogP) is 0.414. The number of ether oxygens (including phenoxy) is 1. The summed E-state index contributed by atoms with van der Waals surface area (Å²) in [4.78, 5) is 0.171. The van der Waals surface area contributed by atoms with Crippen LogP contribution in [0.2, 0.25) is 0 Å². The molecule has 1 aliphatic heterocycles. The summed E-state index contributed by atoms with van der Waals surface area (Å²) in [6.45, 7) is 2.90. The van der Waals surface area contributed by atoms with Crippen molar-refractivity contribution >= 4 is 10.0 Å². The Labute approximate surface area is 119 Å². The summed E-state index contributed by atoms with van der Waals surface area (Å²) >= 11 is 0. The van der Waals surface area contributed by atoms with Crippen LogP contribution >= 0.6 is 0 Å². The van der Waals surface area contributed by atoms with Gasteiger partial charge in [0, 0.05) is 19.7 Å². The third kappa shape index (κ3) is 3.57. The fourth-order valence-electron chi connectivity index (χ4n) is 2.43. The van der Waals surface area contributed by atoms with Crippen LogP contribution in [-0.4, -0.2) is 37.9 Å². The lowest BCUT2D eigenvalue weighted by atomic mass is 10.1. The first-order valence-electron chi connectivity index (χ1n) is 6.90. The van der Waals surface area contributed by atoms with Crippen LogP contribution in [0.4, 0.5) is 0 Å². The fourth-order valence-corrected chi connectivity index (χ4v) is 3.84. The highest BCUT2D eigenvalue weighted by Crippen LogP contribution is 2.18. The second kappa shape index (κ2) is 6.66. The molecule has 2 rings (SSSR count). The number of sulfonamides is 1. The molecule has 20 heavy (non-hydrogen) atoms. The number of H-pyrrole nitrogens is 1. The standard InChI is InChI=1S/C12H22N4O3S/c1-9-12(11(8-13)16-15-9)20(17,18)14-6-5-10-4-2-3-7-19-10/h10,14H,2-8,13H2,1H3,(H,15,16). The zero-order valence-corrected chi connectivity index (χ0v) is 12.5. The molecule has 0 spiro atoms. The van der Waals surface area contributed by atoms with Crippen LogP contribution in [-0.2, 0) is 21.3 Å². The van der Waals surface area contributed by atoms with Gasteiger partial charge in [0.25, 0.3) is 0 Å². The molecule has 0 saturated carbocycles. The lowest BCUT2D eigenvalue weighted by Crippen LogP contribution is -2.30. The van der Waals surface area contributed by atoms with E-state index in [-0.39, 0.29) is 17.5 Å². The Hall–Kier alpha value is -0.960. The zero-order chi connectivity index (χ0) is 14.6. The Balaban J connectivity index is 1.95. The SMILES string of the molecule is Cc1[nH]nc(CN)c1S(=O)(=O)NCCC1CCCCO1. The van der Waals surface area contributed by atoms with Crippen LogP contribution in [0.25, 0.3) is 0 Å². The minimum Gasteiger partial charge on any atom is -0.378 e. The van der Waals surface area contributed by atoms with E-state index in [0.717, 1.165) is 25.9 Å². The number of nitrogens with two attached hydrogens (primary N) is 1. The Kier molecular flexibility index (Phi) is 5.14. The van der Waals surface area contributed by atoms with Crippen LogP contribution in [0.1, 0.15) is 37.1 Å². The predicted molar refractivity (Wildman–Crippen MR) is 74.6 cm³/mol. The van der Waals surface area contributed by atoms with Gasteiger partial charge in [-0.15, -0.1) is 0 Å². The van der Waals surface area contributed by atoms with Crippen molar-refractivity contribution in [3.05, 3.63) is 11.4 Å². The maximum atomic E-state index is 12.3. The zero-order valence-electron chi connectivity index (χ0n) is 11.7. The summed E-state index contributed by atoms with van der Waals surface area (Å²) in [5.41, 5.74) is 6.38. The van der Waals surface area contributed by atoms with Gasteiger partial charge in [0.15, 0.2) is 0 Å². The molecule has 1 fully saturated rings. The molecular weight excluding hydrogens is 280 g/mol. The summed E-state index contributed by atoms with van der Waals surface area (Å²) in [5.74, 6) is 0.